The average Bonchev–Trinajstić information content (AvgIpc) is 2.72. The number of hydrogen-bond donors (Lipinski definition) is 3. The summed E-state index contributed by atoms with van der Waals surface area (Å²) in [5.41, 5.74) is 11.8. The van der Waals surface area contributed by atoms with Crippen molar-refractivity contribution in [3.8, 4) is 0 Å². The number of amides is 4. The highest BCUT2D eigenvalue weighted by Gasteiger charge is 2.39. The van der Waals surface area contributed by atoms with Crippen molar-refractivity contribution in [1.29, 1.82) is 0 Å². The van der Waals surface area contributed by atoms with Gasteiger partial charge < -0.3 is 11.5 Å². The zero-order chi connectivity index (χ0) is 15.8. The van der Waals surface area contributed by atoms with Crippen molar-refractivity contribution in [3.05, 3.63) is 30.3 Å². The second-order valence-corrected chi connectivity index (χ2v) is 4.58. The first kappa shape index (κ1) is 16.5. The number of nitrogens with zero attached hydrogens (tertiary/aromatic N) is 1. The molecule has 7 heteroatoms. The van der Waals surface area contributed by atoms with Crippen LogP contribution in [0.1, 0.15) is 26.2 Å². The highest BCUT2D eigenvalue weighted by molar-refractivity contribution is 6.14. The van der Waals surface area contributed by atoms with Crippen molar-refractivity contribution < 1.29 is 14.4 Å². The van der Waals surface area contributed by atoms with E-state index in [0.29, 0.717) is 12.1 Å². The summed E-state index contributed by atoms with van der Waals surface area (Å²) in [4.78, 5) is 32.8. The molecule has 0 aromatic heterocycles. The number of para-hydroxylation sites is 1. The molecule has 0 spiro atoms. The number of hydrogen-bond acceptors (Lipinski definition) is 3. The molecule has 1 atom stereocenters. The van der Waals surface area contributed by atoms with Crippen LogP contribution in [0.3, 0.4) is 0 Å². The molecular formula is C14H20N4O3. The lowest BCUT2D eigenvalue weighted by molar-refractivity contribution is -0.127. The van der Waals surface area contributed by atoms with Crippen LogP contribution in [0.2, 0.25) is 0 Å². The standard InChI is InChI=1S/C13H16N2O2.CH4N2O/c1-2-3-9-11-12(16)14-15(13(11)17)10-7-5-4-6-8-10;2-1(3)4/h4-8,11H,2-3,9H2,1H3,(H,14,16);(H4,2,3,4). The number of unbranched alkanes of at least 4 members (excludes halogenated alkanes) is 1. The van der Waals surface area contributed by atoms with Crippen LogP contribution in [0.5, 0.6) is 0 Å². The number of carbonyl (C=O) groups excluding carboxylic acids is 3. The van der Waals surface area contributed by atoms with Crippen LogP contribution >= 0.6 is 0 Å². The Morgan fingerprint density at radius 3 is 2.33 bits per heavy atom. The van der Waals surface area contributed by atoms with E-state index in [0.717, 1.165) is 12.8 Å². The Labute approximate surface area is 123 Å². The van der Waals surface area contributed by atoms with Gasteiger partial charge in [-0.15, -0.1) is 0 Å². The maximum atomic E-state index is 12.1. The summed E-state index contributed by atoms with van der Waals surface area (Å²) in [6.45, 7) is 2.05. The monoisotopic (exact) mass is 292 g/mol. The van der Waals surface area contributed by atoms with Crippen LogP contribution in [0.4, 0.5) is 10.5 Å². The van der Waals surface area contributed by atoms with Crippen LogP contribution in [0.25, 0.3) is 0 Å². The molecule has 1 aromatic carbocycles. The van der Waals surface area contributed by atoms with E-state index in [1.165, 1.54) is 5.01 Å². The molecule has 1 saturated heterocycles. The van der Waals surface area contributed by atoms with Gasteiger partial charge in [0, 0.05) is 0 Å². The minimum atomic E-state index is -0.833. The number of anilines is 1. The summed E-state index contributed by atoms with van der Waals surface area (Å²) in [7, 11) is 0. The lowest BCUT2D eigenvalue weighted by atomic mass is 10.0. The summed E-state index contributed by atoms with van der Waals surface area (Å²) >= 11 is 0. The Hall–Kier alpha value is -2.57. The maximum Gasteiger partial charge on any atom is 0.309 e. The van der Waals surface area contributed by atoms with E-state index >= 15 is 0 Å². The van der Waals surface area contributed by atoms with Crippen molar-refractivity contribution in [2.45, 2.75) is 26.2 Å². The predicted octanol–water partition coefficient (Wildman–Crippen LogP) is 0.895. The van der Waals surface area contributed by atoms with E-state index in [2.05, 4.69) is 16.9 Å². The molecule has 0 bridgehead atoms. The largest absolute Gasteiger partial charge is 0.352 e. The van der Waals surface area contributed by atoms with E-state index in [4.69, 9.17) is 4.79 Å². The fraction of sp³-hybridized carbons (Fsp3) is 0.357. The number of rotatable bonds is 4. The van der Waals surface area contributed by atoms with Crippen molar-refractivity contribution in [2.75, 3.05) is 5.01 Å². The minimum Gasteiger partial charge on any atom is -0.352 e. The molecule has 1 heterocycles. The molecule has 114 valence electrons. The Morgan fingerprint density at radius 2 is 1.81 bits per heavy atom. The third kappa shape index (κ3) is 4.79. The van der Waals surface area contributed by atoms with E-state index in [1.54, 1.807) is 12.1 Å². The first-order valence-electron chi connectivity index (χ1n) is 6.71. The molecule has 0 aliphatic carbocycles. The summed E-state index contributed by atoms with van der Waals surface area (Å²) in [6, 6.07) is 8.34. The summed E-state index contributed by atoms with van der Waals surface area (Å²) in [6.07, 6.45) is 2.51. The van der Waals surface area contributed by atoms with Gasteiger partial charge in [-0.1, -0.05) is 38.0 Å². The molecule has 2 rings (SSSR count). The minimum absolute atomic E-state index is 0.144. The zero-order valence-electron chi connectivity index (χ0n) is 11.9. The van der Waals surface area contributed by atoms with Gasteiger partial charge in [-0.3, -0.25) is 15.0 Å². The zero-order valence-corrected chi connectivity index (χ0v) is 11.9. The van der Waals surface area contributed by atoms with Gasteiger partial charge in [-0.05, 0) is 18.6 Å². The molecule has 1 aliphatic heterocycles. The summed E-state index contributed by atoms with van der Waals surface area (Å²) < 4.78 is 0. The fourth-order valence-corrected chi connectivity index (χ4v) is 1.94. The fourth-order valence-electron chi connectivity index (χ4n) is 1.94. The third-order valence-electron chi connectivity index (χ3n) is 2.92. The number of nitrogens with two attached hydrogens (primary N) is 2. The topological polar surface area (TPSA) is 119 Å². The van der Waals surface area contributed by atoms with Gasteiger partial charge >= 0.3 is 6.03 Å². The van der Waals surface area contributed by atoms with Crippen LogP contribution < -0.4 is 21.9 Å². The van der Waals surface area contributed by atoms with Gasteiger partial charge in [0.25, 0.3) is 11.8 Å². The van der Waals surface area contributed by atoms with E-state index < -0.39 is 11.9 Å². The molecule has 7 nitrogen and oxygen atoms in total. The predicted molar refractivity (Wildman–Crippen MR) is 78.9 cm³/mol. The molecule has 21 heavy (non-hydrogen) atoms. The Bertz CT molecular complexity index is 500. The first-order valence-corrected chi connectivity index (χ1v) is 6.71. The number of hydrazine groups is 1. The average molecular weight is 292 g/mol. The van der Waals surface area contributed by atoms with Crippen molar-refractivity contribution in [1.82, 2.24) is 5.43 Å². The number of primary amides is 2. The van der Waals surface area contributed by atoms with Crippen molar-refractivity contribution in [2.24, 2.45) is 17.4 Å². The number of nitrogens with one attached hydrogen (secondary N) is 1. The van der Waals surface area contributed by atoms with Gasteiger partial charge in [0.05, 0.1) is 5.69 Å². The van der Waals surface area contributed by atoms with Crippen molar-refractivity contribution >= 4 is 23.5 Å². The Balaban J connectivity index is 0.000000491. The summed E-state index contributed by atoms with van der Waals surface area (Å²) in [5.74, 6) is -0.850. The van der Waals surface area contributed by atoms with Gasteiger partial charge in [0.2, 0.25) is 0 Å². The van der Waals surface area contributed by atoms with Gasteiger partial charge in [0.15, 0.2) is 0 Å². The normalized spacial score (nSPS) is 17.0. The smallest absolute Gasteiger partial charge is 0.309 e. The molecular weight excluding hydrogens is 272 g/mol. The van der Waals surface area contributed by atoms with E-state index in [9.17, 15) is 9.59 Å². The molecule has 1 fully saturated rings. The van der Waals surface area contributed by atoms with E-state index in [-0.39, 0.29) is 11.8 Å². The molecule has 0 radical (unpaired) electrons. The van der Waals surface area contributed by atoms with Gasteiger partial charge in [-0.25, -0.2) is 9.80 Å². The lowest BCUT2D eigenvalue weighted by Gasteiger charge is -2.14. The van der Waals surface area contributed by atoms with Crippen molar-refractivity contribution in [3.63, 3.8) is 0 Å². The molecule has 1 unspecified atom stereocenters. The summed E-state index contributed by atoms with van der Waals surface area (Å²) in [5, 5.41) is 1.35. The van der Waals surface area contributed by atoms with Crippen LogP contribution in [0.15, 0.2) is 30.3 Å². The highest BCUT2D eigenvalue weighted by Crippen LogP contribution is 2.22. The molecule has 5 N–H and O–H groups in total. The Morgan fingerprint density at radius 1 is 1.24 bits per heavy atom. The van der Waals surface area contributed by atoms with Crippen LogP contribution in [0, 0.1) is 5.92 Å². The highest BCUT2D eigenvalue weighted by atomic mass is 16.2. The Kier molecular flexibility index (Phi) is 6.19. The van der Waals surface area contributed by atoms with E-state index in [1.807, 2.05) is 25.1 Å². The molecule has 4 amide bonds. The van der Waals surface area contributed by atoms with Gasteiger partial charge in [0.1, 0.15) is 5.92 Å². The number of urea groups is 1. The maximum absolute atomic E-state index is 12.1. The second-order valence-electron chi connectivity index (χ2n) is 4.58. The molecule has 1 aromatic rings. The number of carbonyl (C=O) groups is 3. The molecule has 0 saturated carbocycles. The second kappa shape index (κ2) is 7.88. The SMILES string of the molecule is CCCCC1C(=O)NN(c2ccccc2)C1=O.NC(N)=O. The molecule has 1 aliphatic rings. The lowest BCUT2D eigenvalue weighted by Crippen LogP contribution is -2.35. The van der Waals surface area contributed by atoms with Gasteiger partial charge in [-0.2, -0.15) is 0 Å². The van der Waals surface area contributed by atoms with Crippen LogP contribution in [-0.2, 0) is 9.59 Å². The third-order valence-corrected chi connectivity index (χ3v) is 2.92. The van der Waals surface area contributed by atoms with Crippen LogP contribution in [-0.4, -0.2) is 17.8 Å². The quantitative estimate of drug-likeness (QED) is 0.715. The number of benzene rings is 1. The first-order chi connectivity index (χ1) is 9.97.